The second-order valence-electron chi connectivity index (χ2n) is 19.5. The molecular formula is C59H58N11O21P. The summed E-state index contributed by atoms with van der Waals surface area (Å²) < 4.78 is 58.6. The lowest BCUT2D eigenvalue weighted by Crippen LogP contribution is -2.64. The summed E-state index contributed by atoms with van der Waals surface area (Å²) in [7, 11) is -4.81. The number of nitrogens with two attached hydrogens (primary N) is 1. The van der Waals surface area contributed by atoms with Gasteiger partial charge in [0.15, 0.2) is 0 Å². The van der Waals surface area contributed by atoms with Gasteiger partial charge < -0.3 is 37.9 Å². The van der Waals surface area contributed by atoms with Crippen molar-refractivity contribution in [3.63, 3.8) is 0 Å². The Balaban J connectivity index is 1.11. The standard InChI is InChI=1S/C59H58N11O21P/c60-92(83,61-63(36-40-84-55(71)88-51-24-16-47(17-25-51)66(75)76)37-41-85-56(72)89-52-26-18-48(19-27-52)67(77)78)70(64-34-32-62(33-35-64)59(44-10-4-1-5-11-44,45-12-6-2-7-13-45)46-14-8-3-9-15-46)65(38-42-86-57(73)90-53-28-20-49(21-29-53)68(79)80)39-43-87-58(74)91-54-30-22-50(23-31-54)69(81)82/h1-31H,32-43H2,(H3,60,61,83). The number of hydrazine groups is 3. The third-order valence-electron chi connectivity index (χ3n) is 13.7. The molecular weight excluding hydrogens is 1230 g/mol. The Kier molecular flexibility index (Phi) is 23.4. The highest BCUT2D eigenvalue weighted by molar-refractivity contribution is 7.56. The predicted molar refractivity (Wildman–Crippen MR) is 323 cm³/mol. The Bertz CT molecular complexity index is 3460. The summed E-state index contributed by atoms with van der Waals surface area (Å²) >= 11 is 0. The monoisotopic (exact) mass is 1290 g/mol. The summed E-state index contributed by atoms with van der Waals surface area (Å²) in [4.78, 5) is 98.3. The number of non-ortho nitro benzene ring substituents is 4. The van der Waals surface area contributed by atoms with Crippen molar-refractivity contribution in [2.24, 2.45) is 5.50 Å². The van der Waals surface area contributed by atoms with E-state index < -0.39 is 110 Å². The molecule has 7 aromatic carbocycles. The van der Waals surface area contributed by atoms with Crippen molar-refractivity contribution in [1.29, 1.82) is 0 Å². The first kappa shape index (κ1) is 67.1. The maximum atomic E-state index is 16.0. The lowest BCUT2D eigenvalue weighted by molar-refractivity contribution is -0.385. The molecule has 7 aromatic rings. The van der Waals surface area contributed by atoms with Crippen LogP contribution in [0.25, 0.3) is 0 Å². The van der Waals surface area contributed by atoms with Crippen LogP contribution in [-0.2, 0) is 29.1 Å². The fourth-order valence-corrected chi connectivity index (χ4v) is 11.4. The number of ether oxygens (including phenoxy) is 8. The Morgan fingerprint density at radius 2 is 0.707 bits per heavy atom. The molecule has 3 N–H and O–H groups in total. The van der Waals surface area contributed by atoms with E-state index in [1.54, 1.807) is 5.01 Å². The number of piperazine rings is 1. The van der Waals surface area contributed by atoms with Crippen molar-refractivity contribution in [2.75, 3.05) is 78.8 Å². The van der Waals surface area contributed by atoms with Crippen molar-refractivity contribution in [3.8, 4) is 23.0 Å². The minimum atomic E-state index is -4.81. The van der Waals surface area contributed by atoms with Gasteiger partial charge in [0.25, 0.3) is 22.7 Å². The molecule has 0 aliphatic carbocycles. The fourth-order valence-electron chi connectivity index (χ4n) is 9.59. The van der Waals surface area contributed by atoms with Crippen LogP contribution in [0, 0.1) is 40.5 Å². The number of nitro groups is 4. The summed E-state index contributed by atoms with van der Waals surface area (Å²) in [6, 6.07) is 47.6. The van der Waals surface area contributed by atoms with E-state index in [0.29, 0.717) is 0 Å². The van der Waals surface area contributed by atoms with Gasteiger partial charge in [-0.25, -0.2) is 34.2 Å². The molecule has 92 heavy (non-hydrogen) atoms. The molecule has 1 fully saturated rings. The SMILES string of the molecule is NP(=O)(NN(CCOC(=O)Oc1ccc([N+](=O)[O-])cc1)CCOC(=O)Oc1ccc([N+](=O)[O-])cc1)N(N(CCOC(=O)Oc1ccc([N+](=O)[O-])cc1)CCOC(=O)Oc1ccc([N+](=O)[O-])cc1)N1CCN(C(c2ccccc2)(c2ccccc2)c2ccccc2)CC1. The molecule has 33 heteroatoms. The van der Waals surface area contributed by atoms with Crippen LogP contribution in [0.15, 0.2) is 188 Å². The number of rotatable bonds is 29. The molecule has 1 atom stereocenters. The summed E-state index contributed by atoms with van der Waals surface area (Å²) in [6.45, 7) is -3.33. The highest BCUT2D eigenvalue weighted by Crippen LogP contribution is 2.45. The van der Waals surface area contributed by atoms with E-state index in [1.807, 2.05) is 91.0 Å². The molecule has 0 spiro atoms. The van der Waals surface area contributed by atoms with E-state index in [9.17, 15) is 59.6 Å². The molecule has 1 saturated heterocycles. The van der Waals surface area contributed by atoms with Crippen molar-refractivity contribution in [1.82, 2.24) is 30.0 Å². The van der Waals surface area contributed by atoms with Crippen molar-refractivity contribution in [3.05, 3.63) is 245 Å². The van der Waals surface area contributed by atoms with Crippen LogP contribution in [-0.4, -0.2) is 148 Å². The van der Waals surface area contributed by atoms with Crippen LogP contribution in [0.2, 0.25) is 0 Å². The van der Waals surface area contributed by atoms with E-state index in [0.717, 1.165) is 94.4 Å². The van der Waals surface area contributed by atoms with Crippen LogP contribution in [0.1, 0.15) is 16.7 Å². The fraction of sp³-hybridized carbons (Fsp3) is 0.220. The summed E-state index contributed by atoms with van der Waals surface area (Å²) in [6.07, 6.45) is -5.05. The van der Waals surface area contributed by atoms with Gasteiger partial charge in [-0.1, -0.05) is 95.9 Å². The second-order valence-corrected chi connectivity index (χ2v) is 21.3. The number of hydrogen-bond acceptors (Lipinski definition) is 25. The molecule has 0 aromatic heterocycles. The normalized spacial score (nSPS) is 13.3. The molecule has 0 radical (unpaired) electrons. The van der Waals surface area contributed by atoms with Gasteiger partial charge >= 0.3 is 32.2 Å². The first-order valence-electron chi connectivity index (χ1n) is 27.8. The van der Waals surface area contributed by atoms with E-state index >= 15 is 4.57 Å². The average Bonchev–Trinajstić information content (AvgIpc) is 0.804. The molecule has 1 aliphatic rings. The van der Waals surface area contributed by atoms with Crippen LogP contribution < -0.4 is 29.6 Å². The van der Waals surface area contributed by atoms with Crippen molar-refractivity contribution >= 4 is 55.0 Å². The highest BCUT2D eigenvalue weighted by Gasteiger charge is 2.46. The van der Waals surface area contributed by atoms with Crippen molar-refractivity contribution < 1.29 is 81.3 Å². The van der Waals surface area contributed by atoms with Crippen molar-refractivity contribution in [2.45, 2.75) is 5.54 Å². The van der Waals surface area contributed by atoms with Gasteiger partial charge in [-0.05, 0) is 65.2 Å². The Morgan fingerprint density at radius 1 is 0.435 bits per heavy atom. The maximum absolute atomic E-state index is 16.0. The van der Waals surface area contributed by atoms with E-state index in [4.69, 9.17) is 43.4 Å². The molecule has 32 nitrogen and oxygen atoms in total. The Hall–Kier alpha value is -10.8. The quantitative estimate of drug-likeness (QED) is 0.00838. The Labute approximate surface area is 522 Å². The van der Waals surface area contributed by atoms with E-state index in [-0.39, 0.29) is 71.9 Å². The summed E-state index contributed by atoms with van der Waals surface area (Å²) in [5, 5.41) is 52.0. The molecule has 8 rings (SSSR count). The number of nitrogens with one attached hydrogen (secondary N) is 1. The summed E-state index contributed by atoms with van der Waals surface area (Å²) in [5.41, 5.74) is 7.75. The highest BCUT2D eigenvalue weighted by atomic mass is 31.2. The maximum Gasteiger partial charge on any atom is 0.513 e. The zero-order valence-corrected chi connectivity index (χ0v) is 49.4. The lowest BCUT2D eigenvalue weighted by Gasteiger charge is -2.52. The third-order valence-corrected chi connectivity index (χ3v) is 15.3. The molecule has 1 aliphatic heterocycles. The number of benzene rings is 7. The van der Waals surface area contributed by atoms with Gasteiger partial charge in [-0.2, -0.15) is 5.20 Å². The van der Waals surface area contributed by atoms with Crippen LogP contribution in [0.3, 0.4) is 0 Å². The van der Waals surface area contributed by atoms with E-state index in [2.05, 4.69) is 10.1 Å². The minimum absolute atomic E-state index is 0.0366. The number of nitro benzene ring substituents is 4. The van der Waals surface area contributed by atoms with Gasteiger partial charge in [0.05, 0.1) is 25.2 Å². The number of nitrogens with zero attached hydrogens (tertiary/aromatic N) is 9. The largest absolute Gasteiger partial charge is 0.513 e. The molecule has 480 valence electrons. The molecule has 1 unspecified atom stereocenters. The zero-order valence-electron chi connectivity index (χ0n) is 48.5. The molecule has 0 bridgehead atoms. The van der Waals surface area contributed by atoms with Gasteiger partial charge in [0.2, 0.25) is 0 Å². The zero-order chi connectivity index (χ0) is 65.6. The van der Waals surface area contributed by atoms with Gasteiger partial charge in [-0.15, -0.1) is 0 Å². The van der Waals surface area contributed by atoms with Gasteiger partial charge in [0.1, 0.15) is 49.4 Å². The molecule has 1 heterocycles. The predicted octanol–water partition coefficient (Wildman–Crippen LogP) is 9.40. The van der Waals surface area contributed by atoms with Gasteiger partial charge in [0, 0.05) is 101 Å². The first-order valence-corrected chi connectivity index (χ1v) is 29.5. The second kappa shape index (κ2) is 32.1. The summed E-state index contributed by atoms with van der Waals surface area (Å²) in [5.74, 6) is -0.452. The smallest absolute Gasteiger partial charge is 0.433 e. The molecule has 0 amide bonds. The van der Waals surface area contributed by atoms with Gasteiger partial charge in [-0.3, -0.25) is 55.4 Å². The number of carbonyl (C=O) groups is 4. The van der Waals surface area contributed by atoms with E-state index in [1.165, 1.54) is 34.3 Å². The van der Waals surface area contributed by atoms with Crippen LogP contribution >= 0.6 is 7.59 Å². The topological polar surface area (TPSA) is 386 Å². The average molecular weight is 1290 g/mol. The van der Waals surface area contributed by atoms with Crippen LogP contribution in [0.5, 0.6) is 23.0 Å². The molecule has 0 saturated carbocycles. The lowest BCUT2D eigenvalue weighted by atomic mass is 9.75. The number of hydrogen-bond donors (Lipinski definition) is 2. The first-order chi connectivity index (χ1) is 44.3. The van der Waals surface area contributed by atoms with Crippen LogP contribution in [0.4, 0.5) is 41.9 Å². The Morgan fingerprint density at radius 3 is 0.978 bits per heavy atom. The third kappa shape index (κ3) is 18.4. The minimum Gasteiger partial charge on any atom is -0.433 e. The number of carbonyl (C=O) groups excluding carboxylic acids is 4.